The van der Waals surface area contributed by atoms with Gasteiger partial charge < -0.3 is 5.32 Å². The molecule has 0 saturated carbocycles. The molecule has 0 aromatic carbocycles. The van der Waals surface area contributed by atoms with E-state index in [0.717, 1.165) is 11.4 Å². The molecule has 2 aromatic heterocycles. The van der Waals surface area contributed by atoms with Crippen LogP contribution in [-0.2, 0) is 6.54 Å². The van der Waals surface area contributed by atoms with E-state index in [0.29, 0.717) is 16.4 Å². The maximum Gasteiger partial charge on any atom is 0.268 e. The zero-order valence-corrected chi connectivity index (χ0v) is 11.1. The first-order valence-corrected chi connectivity index (χ1v) is 6.46. The zero-order chi connectivity index (χ0) is 12.4. The number of nitrogens with one attached hydrogen (secondary N) is 1. The number of hydrogen-bond donors (Lipinski definition) is 1. The Hall–Kier alpha value is -1.33. The predicted octanol–water partition coefficient (Wildman–Crippen LogP) is 3.18. The molecule has 0 aliphatic carbocycles. The summed E-state index contributed by atoms with van der Waals surface area (Å²) in [6, 6.07) is 1.71. The molecular formula is C11H12ClN3OS. The molecule has 0 fully saturated rings. The fourth-order valence-corrected chi connectivity index (χ4v) is 2.54. The lowest BCUT2D eigenvalue weighted by Gasteiger charge is -2.07. The van der Waals surface area contributed by atoms with Gasteiger partial charge in [0.1, 0.15) is 10.7 Å². The zero-order valence-electron chi connectivity index (χ0n) is 9.53. The van der Waals surface area contributed by atoms with E-state index in [9.17, 15) is 4.79 Å². The van der Waals surface area contributed by atoms with Crippen molar-refractivity contribution in [3.63, 3.8) is 0 Å². The van der Waals surface area contributed by atoms with Crippen LogP contribution in [0.25, 0.3) is 0 Å². The second-order valence-corrected chi connectivity index (χ2v) is 4.87. The number of halogens is 1. The van der Waals surface area contributed by atoms with Crippen molar-refractivity contribution in [1.82, 2.24) is 9.78 Å². The van der Waals surface area contributed by atoms with E-state index in [1.165, 1.54) is 11.3 Å². The molecule has 1 N–H and O–H groups in total. The van der Waals surface area contributed by atoms with Crippen molar-refractivity contribution < 1.29 is 4.79 Å². The van der Waals surface area contributed by atoms with Gasteiger partial charge in [-0.3, -0.25) is 4.79 Å². The van der Waals surface area contributed by atoms with Gasteiger partial charge >= 0.3 is 0 Å². The summed E-state index contributed by atoms with van der Waals surface area (Å²) in [5.74, 6) is 0.533. The highest BCUT2D eigenvalue weighted by molar-refractivity contribution is 7.12. The van der Waals surface area contributed by atoms with Gasteiger partial charge in [-0.15, -0.1) is 11.3 Å². The molecule has 0 spiro atoms. The standard InChI is InChI=1S/C11H12ClN3OS/c1-3-15-10(7(2)6-13-15)14-11(16)9-8(12)4-5-17-9/h4-6H,3H2,1-2H3,(H,14,16). The molecule has 2 rings (SSSR count). The molecule has 0 aliphatic rings. The largest absolute Gasteiger partial charge is 0.306 e. The van der Waals surface area contributed by atoms with Gasteiger partial charge in [-0.05, 0) is 25.3 Å². The minimum absolute atomic E-state index is 0.191. The molecular weight excluding hydrogens is 258 g/mol. The van der Waals surface area contributed by atoms with Crippen LogP contribution in [0.1, 0.15) is 22.2 Å². The Kier molecular flexibility index (Phi) is 3.49. The lowest BCUT2D eigenvalue weighted by Crippen LogP contribution is -2.15. The summed E-state index contributed by atoms with van der Waals surface area (Å²) in [6.07, 6.45) is 1.73. The molecule has 90 valence electrons. The third kappa shape index (κ3) is 2.35. The van der Waals surface area contributed by atoms with Crippen LogP contribution < -0.4 is 5.32 Å². The molecule has 0 radical (unpaired) electrons. The molecule has 17 heavy (non-hydrogen) atoms. The number of hydrogen-bond acceptors (Lipinski definition) is 3. The number of aromatic nitrogens is 2. The molecule has 2 heterocycles. The van der Waals surface area contributed by atoms with Crippen molar-refractivity contribution in [3.05, 3.63) is 33.1 Å². The summed E-state index contributed by atoms with van der Waals surface area (Å²) in [4.78, 5) is 12.5. The highest BCUT2D eigenvalue weighted by Gasteiger charge is 2.15. The normalized spacial score (nSPS) is 10.5. The van der Waals surface area contributed by atoms with Crippen LogP contribution in [0.5, 0.6) is 0 Å². The van der Waals surface area contributed by atoms with E-state index in [1.807, 2.05) is 13.8 Å². The van der Waals surface area contributed by atoms with E-state index in [-0.39, 0.29) is 5.91 Å². The van der Waals surface area contributed by atoms with Gasteiger partial charge in [0.25, 0.3) is 5.91 Å². The van der Waals surface area contributed by atoms with Crippen LogP contribution in [0.4, 0.5) is 5.82 Å². The van der Waals surface area contributed by atoms with E-state index in [4.69, 9.17) is 11.6 Å². The predicted molar refractivity (Wildman–Crippen MR) is 69.9 cm³/mol. The number of carbonyl (C=O) groups excluding carboxylic acids is 1. The third-order valence-corrected chi connectivity index (χ3v) is 3.72. The van der Waals surface area contributed by atoms with Crippen molar-refractivity contribution in [2.75, 3.05) is 5.32 Å². The van der Waals surface area contributed by atoms with Gasteiger partial charge in [0.2, 0.25) is 0 Å². The third-order valence-electron chi connectivity index (χ3n) is 2.38. The van der Waals surface area contributed by atoms with Gasteiger partial charge in [-0.25, -0.2) is 4.68 Å². The average molecular weight is 270 g/mol. The number of amides is 1. The molecule has 4 nitrogen and oxygen atoms in total. The quantitative estimate of drug-likeness (QED) is 0.930. The van der Waals surface area contributed by atoms with E-state index in [1.54, 1.807) is 22.3 Å². The maximum atomic E-state index is 12.0. The van der Waals surface area contributed by atoms with Crippen molar-refractivity contribution in [2.24, 2.45) is 0 Å². The van der Waals surface area contributed by atoms with Crippen molar-refractivity contribution in [1.29, 1.82) is 0 Å². The molecule has 2 aromatic rings. The first kappa shape index (κ1) is 12.1. The highest BCUT2D eigenvalue weighted by Crippen LogP contribution is 2.24. The van der Waals surface area contributed by atoms with Crippen LogP contribution in [0.2, 0.25) is 5.02 Å². The number of rotatable bonds is 3. The minimum atomic E-state index is -0.191. The van der Waals surface area contributed by atoms with Gasteiger partial charge in [0.15, 0.2) is 0 Å². The van der Waals surface area contributed by atoms with Crippen molar-refractivity contribution in [2.45, 2.75) is 20.4 Å². The Bertz CT molecular complexity index is 547. The Morgan fingerprint density at radius 2 is 2.41 bits per heavy atom. The van der Waals surface area contributed by atoms with E-state index >= 15 is 0 Å². The second-order valence-electron chi connectivity index (χ2n) is 3.54. The maximum absolute atomic E-state index is 12.0. The highest BCUT2D eigenvalue weighted by atomic mass is 35.5. The lowest BCUT2D eigenvalue weighted by atomic mass is 10.3. The topological polar surface area (TPSA) is 46.9 Å². The van der Waals surface area contributed by atoms with Crippen molar-refractivity contribution in [3.8, 4) is 0 Å². The molecule has 0 bridgehead atoms. The summed E-state index contributed by atoms with van der Waals surface area (Å²) in [6.45, 7) is 4.59. The fraction of sp³-hybridized carbons (Fsp3) is 0.273. The Morgan fingerprint density at radius 3 is 3.00 bits per heavy atom. The average Bonchev–Trinajstić information content (AvgIpc) is 2.87. The number of aryl methyl sites for hydroxylation is 2. The van der Waals surface area contributed by atoms with Crippen LogP contribution in [0, 0.1) is 6.92 Å². The number of carbonyl (C=O) groups is 1. The van der Waals surface area contributed by atoms with Crippen LogP contribution in [0.15, 0.2) is 17.6 Å². The first-order chi connectivity index (χ1) is 8.13. The van der Waals surface area contributed by atoms with Crippen LogP contribution >= 0.6 is 22.9 Å². The minimum Gasteiger partial charge on any atom is -0.306 e. The molecule has 6 heteroatoms. The first-order valence-electron chi connectivity index (χ1n) is 5.20. The molecule has 0 aliphatic heterocycles. The number of anilines is 1. The van der Waals surface area contributed by atoms with Gasteiger partial charge in [0.05, 0.1) is 11.2 Å². The smallest absolute Gasteiger partial charge is 0.268 e. The summed E-state index contributed by atoms with van der Waals surface area (Å²) in [7, 11) is 0. The second kappa shape index (κ2) is 4.89. The fourth-order valence-electron chi connectivity index (χ4n) is 1.50. The van der Waals surface area contributed by atoms with Crippen LogP contribution in [0.3, 0.4) is 0 Å². The molecule has 0 saturated heterocycles. The molecule has 1 amide bonds. The Balaban J connectivity index is 2.24. The number of nitrogens with zero attached hydrogens (tertiary/aromatic N) is 2. The van der Waals surface area contributed by atoms with E-state index in [2.05, 4.69) is 10.4 Å². The van der Waals surface area contributed by atoms with E-state index < -0.39 is 0 Å². The summed E-state index contributed by atoms with van der Waals surface area (Å²) < 4.78 is 1.74. The Morgan fingerprint density at radius 1 is 1.65 bits per heavy atom. The van der Waals surface area contributed by atoms with Gasteiger partial charge in [-0.2, -0.15) is 5.10 Å². The monoisotopic (exact) mass is 269 g/mol. The summed E-state index contributed by atoms with van der Waals surface area (Å²) in [5.41, 5.74) is 0.938. The van der Waals surface area contributed by atoms with Crippen LogP contribution in [-0.4, -0.2) is 15.7 Å². The van der Waals surface area contributed by atoms with Crippen molar-refractivity contribution >= 4 is 34.7 Å². The lowest BCUT2D eigenvalue weighted by molar-refractivity contribution is 0.102. The summed E-state index contributed by atoms with van der Waals surface area (Å²) >= 11 is 7.24. The molecule has 0 unspecified atom stereocenters. The van der Waals surface area contributed by atoms with Gasteiger partial charge in [0, 0.05) is 12.1 Å². The Labute approximate surface area is 108 Å². The molecule has 0 atom stereocenters. The SMILES string of the molecule is CCn1ncc(C)c1NC(=O)c1sccc1Cl. The van der Waals surface area contributed by atoms with Gasteiger partial charge in [-0.1, -0.05) is 11.6 Å². The summed E-state index contributed by atoms with van der Waals surface area (Å²) in [5, 5.41) is 9.28. The number of thiophene rings is 1.